The van der Waals surface area contributed by atoms with E-state index in [2.05, 4.69) is 40.2 Å². The molecule has 0 radical (unpaired) electrons. The number of imidazole rings is 1. The second-order valence-corrected chi connectivity index (χ2v) is 9.17. The monoisotopic (exact) mass is 503 g/mol. The van der Waals surface area contributed by atoms with Crippen molar-refractivity contribution in [1.82, 2.24) is 34.7 Å². The summed E-state index contributed by atoms with van der Waals surface area (Å²) in [4.78, 5) is 34.6. The van der Waals surface area contributed by atoms with Gasteiger partial charge in [-0.15, -0.1) is 0 Å². The Labute approximate surface area is 213 Å². The van der Waals surface area contributed by atoms with Crippen molar-refractivity contribution in [2.24, 2.45) is 7.05 Å². The fourth-order valence-corrected chi connectivity index (χ4v) is 4.89. The van der Waals surface area contributed by atoms with Crippen LogP contribution in [0.5, 0.6) is 0 Å². The maximum absolute atomic E-state index is 15.6. The summed E-state index contributed by atoms with van der Waals surface area (Å²) in [6, 6.07) is 5.02. The number of fused-ring (bicyclic) bond motifs is 2. The smallest absolute Gasteiger partial charge is 0.261 e. The molecule has 5 heterocycles. The van der Waals surface area contributed by atoms with Crippen LogP contribution in [0.1, 0.15) is 45.5 Å². The number of pyridine rings is 1. The van der Waals surface area contributed by atoms with Crippen molar-refractivity contribution in [2.45, 2.75) is 39.7 Å². The van der Waals surface area contributed by atoms with Crippen molar-refractivity contribution in [3.63, 3.8) is 0 Å². The van der Waals surface area contributed by atoms with Gasteiger partial charge in [-0.05, 0) is 44.4 Å². The highest BCUT2D eigenvalue weighted by Gasteiger charge is 2.24. The fraction of sp³-hybridized carbons (Fsp3) is 0.346. The van der Waals surface area contributed by atoms with E-state index in [0.29, 0.717) is 33.7 Å². The number of halogens is 1. The number of aryl methyl sites for hydroxylation is 1. The third kappa shape index (κ3) is 4.30. The quantitative estimate of drug-likeness (QED) is 0.322. The predicted molar refractivity (Wildman–Crippen MR) is 143 cm³/mol. The zero-order chi connectivity index (χ0) is 24.8. The molecule has 1 fully saturated rings. The molecular formula is C26H30FN9O. The van der Waals surface area contributed by atoms with Crippen LogP contribution in [-0.4, -0.2) is 47.8 Å². The van der Waals surface area contributed by atoms with Crippen molar-refractivity contribution in [1.29, 1.82) is 0 Å². The first kappa shape index (κ1) is 24.4. The minimum Gasteiger partial charge on any atom is -0.373 e. The Morgan fingerprint density at radius 3 is 2.57 bits per heavy atom. The summed E-state index contributed by atoms with van der Waals surface area (Å²) in [5.41, 5.74) is 2.77. The molecule has 3 N–H and O–H groups in total. The number of aromatic nitrogens is 7. The molecule has 0 bridgehead atoms. The topological polar surface area (TPSA) is 120 Å². The molecule has 6 rings (SSSR count). The minimum absolute atomic E-state index is 0. The first-order chi connectivity index (χ1) is 17.5. The number of aromatic amines is 2. The molecule has 0 amide bonds. The van der Waals surface area contributed by atoms with Crippen molar-refractivity contribution >= 4 is 33.4 Å². The summed E-state index contributed by atoms with van der Waals surface area (Å²) in [5.74, 6) is 0.444. The lowest BCUT2D eigenvalue weighted by Crippen LogP contribution is -2.30. The van der Waals surface area contributed by atoms with Gasteiger partial charge in [0.1, 0.15) is 28.2 Å². The van der Waals surface area contributed by atoms with E-state index in [1.807, 2.05) is 13.0 Å². The molecule has 10 nitrogen and oxygen atoms in total. The number of rotatable bonds is 5. The number of anilines is 2. The average molecular weight is 504 g/mol. The van der Waals surface area contributed by atoms with Crippen LogP contribution in [0, 0.1) is 5.82 Å². The molecule has 0 saturated carbocycles. The highest BCUT2D eigenvalue weighted by Crippen LogP contribution is 2.34. The predicted octanol–water partition coefficient (Wildman–Crippen LogP) is 4.53. The van der Waals surface area contributed by atoms with Gasteiger partial charge in [0.2, 0.25) is 0 Å². The van der Waals surface area contributed by atoms with Gasteiger partial charge in [-0.1, -0.05) is 7.43 Å². The number of nitrogens with one attached hydrogen (secondary N) is 3. The number of piperidine rings is 1. The lowest BCUT2D eigenvalue weighted by molar-refractivity contribution is 0.559. The van der Waals surface area contributed by atoms with E-state index < -0.39 is 0 Å². The second kappa shape index (κ2) is 9.64. The highest BCUT2D eigenvalue weighted by molar-refractivity contribution is 5.97. The fourth-order valence-electron chi connectivity index (χ4n) is 4.89. The molecular weight excluding hydrogens is 473 g/mol. The Bertz CT molecular complexity index is 1620. The lowest BCUT2D eigenvalue weighted by Gasteiger charge is -2.29. The molecule has 1 atom stereocenters. The summed E-state index contributed by atoms with van der Waals surface area (Å²) in [6.07, 6.45) is 8.31. The van der Waals surface area contributed by atoms with E-state index in [0.717, 1.165) is 32.4 Å². The van der Waals surface area contributed by atoms with E-state index in [1.54, 1.807) is 42.5 Å². The first-order valence-electron chi connectivity index (χ1n) is 12.1. The number of benzene rings is 1. The van der Waals surface area contributed by atoms with Crippen LogP contribution in [0.15, 0.2) is 41.6 Å². The molecule has 0 spiro atoms. The van der Waals surface area contributed by atoms with Crippen LogP contribution >= 0.6 is 0 Å². The average Bonchev–Trinajstić information content (AvgIpc) is 3.48. The van der Waals surface area contributed by atoms with Gasteiger partial charge in [0.05, 0.1) is 28.5 Å². The van der Waals surface area contributed by atoms with Gasteiger partial charge in [0, 0.05) is 38.7 Å². The van der Waals surface area contributed by atoms with Crippen LogP contribution in [0.25, 0.3) is 33.5 Å². The molecule has 1 aliphatic heterocycles. The van der Waals surface area contributed by atoms with Gasteiger partial charge in [0.15, 0.2) is 5.82 Å². The van der Waals surface area contributed by atoms with Crippen molar-refractivity contribution in [3.8, 4) is 11.4 Å². The molecule has 1 saturated heterocycles. The summed E-state index contributed by atoms with van der Waals surface area (Å²) in [6.45, 7) is 3.55. The largest absolute Gasteiger partial charge is 0.373 e. The normalized spacial score (nSPS) is 14.6. The Balaban J connectivity index is 0.00000280. The Kier molecular flexibility index (Phi) is 6.36. The van der Waals surface area contributed by atoms with E-state index >= 15 is 4.39 Å². The van der Waals surface area contributed by atoms with Gasteiger partial charge in [-0.25, -0.2) is 19.3 Å². The zero-order valence-corrected chi connectivity index (χ0v) is 20.0. The second-order valence-electron chi connectivity index (χ2n) is 9.17. The van der Waals surface area contributed by atoms with Crippen LogP contribution in [0.3, 0.4) is 0 Å². The number of H-pyrrole nitrogens is 2. The molecule has 1 aliphatic rings. The summed E-state index contributed by atoms with van der Waals surface area (Å²) >= 11 is 0. The van der Waals surface area contributed by atoms with Gasteiger partial charge in [0.25, 0.3) is 5.56 Å². The molecule has 4 aromatic heterocycles. The van der Waals surface area contributed by atoms with Crippen LogP contribution in [-0.2, 0) is 7.05 Å². The number of hydrogen-bond donors (Lipinski definition) is 3. The Morgan fingerprint density at radius 2 is 1.81 bits per heavy atom. The van der Waals surface area contributed by atoms with E-state index in [4.69, 9.17) is 0 Å². The standard InChI is InChI=1S/C25H26FN9O.CH4/c1-14(23-27-9-6-10-28-23)29-22-18(25(36)31-16-13-34(2)33-21(16)22)24-30-15-7-8-17(19(26)20(15)32-24)35-11-4-3-5-12-35;/h6-10,13-14,29H,3-5,11-12H2,1-2H3,(H,30,32)(H,31,36);1H4/t14-;/m0./s1. The molecule has 37 heavy (non-hydrogen) atoms. The zero-order valence-electron chi connectivity index (χ0n) is 20.0. The lowest BCUT2D eigenvalue weighted by atomic mass is 10.1. The first-order valence-corrected chi connectivity index (χ1v) is 12.1. The molecule has 192 valence electrons. The minimum atomic E-state index is -0.382. The Morgan fingerprint density at radius 1 is 1.05 bits per heavy atom. The summed E-state index contributed by atoms with van der Waals surface area (Å²) in [5, 5.41) is 7.92. The van der Waals surface area contributed by atoms with Crippen LogP contribution in [0.2, 0.25) is 0 Å². The maximum atomic E-state index is 15.6. The molecule has 5 aromatic rings. The summed E-state index contributed by atoms with van der Waals surface area (Å²) in [7, 11) is 1.78. The summed E-state index contributed by atoms with van der Waals surface area (Å²) < 4.78 is 17.2. The molecule has 11 heteroatoms. The molecule has 1 aromatic carbocycles. The highest BCUT2D eigenvalue weighted by atomic mass is 19.1. The van der Waals surface area contributed by atoms with Crippen molar-refractivity contribution in [3.05, 3.63) is 58.8 Å². The van der Waals surface area contributed by atoms with Crippen LogP contribution < -0.4 is 15.8 Å². The van der Waals surface area contributed by atoms with E-state index in [1.165, 1.54) is 0 Å². The van der Waals surface area contributed by atoms with Gasteiger partial charge in [-0.3, -0.25) is 9.48 Å². The number of nitrogens with zero attached hydrogens (tertiary/aromatic N) is 6. The van der Waals surface area contributed by atoms with E-state index in [-0.39, 0.29) is 41.7 Å². The van der Waals surface area contributed by atoms with Crippen molar-refractivity contribution in [2.75, 3.05) is 23.3 Å². The maximum Gasteiger partial charge on any atom is 0.261 e. The third-order valence-electron chi connectivity index (χ3n) is 6.63. The number of hydrogen-bond acceptors (Lipinski definition) is 7. The molecule has 0 unspecified atom stereocenters. The Hall–Kier alpha value is -4.28. The SMILES string of the molecule is C.C[C@H](Nc1c(-c2nc3c(F)c(N4CCCCC4)ccc3[nH]2)c(=O)[nH]c2cn(C)nc12)c1ncccn1. The van der Waals surface area contributed by atoms with Gasteiger partial charge < -0.3 is 20.2 Å². The van der Waals surface area contributed by atoms with E-state index in [9.17, 15) is 4.79 Å². The van der Waals surface area contributed by atoms with Crippen molar-refractivity contribution < 1.29 is 4.39 Å². The van der Waals surface area contributed by atoms with Crippen LogP contribution in [0.4, 0.5) is 15.8 Å². The van der Waals surface area contributed by atoms with Gasteiger partial charge in [-0.2, -0.15) is 5.10 Å². The third-order valence-corrected chi connectivity index (χ3v) is 6.63. The van der Waals surface area contributed by atoms with Gasteiger partial charge >= 0.3 is 0 Å². The molecule has 0 aliphatic carbocycles.